The summed E-state index contributed by atoms with van der Waals surface area (Å²) in [4.78, 5) is 11.9. The first kappa shape index (κ1) is 28.1. The van der Waals surface area contributed by atoms with Gasteiger partial charge >= 0.3 is 5.97 Å². The van der Waals surface area contributed by atoms with Crippen molar-refractivity contribution in [2.24, 2.45) is 45.3 Å². The molecule has 4 rings (SSSR count). The maximum absolute atomic E-state index is 11.9. The van der Waals surface area contributed by atoms with E-state index in [0.717, 1.165) is 37.2 Å². The molecule has 36 heavy (non-hydrogen) atoms. The Morgan fingerprint density at radius 2 is 1.64 bits per heavy atom. The Hall–Kier alpha value is -0.870. The Balaban J connectivity index is 1.71. The maximum atomic E-state index is 11.9. The van der Waals surface area contributed by atoms with E-state index < -0.39 is 12.2 Å². The number of ether oxygens (including phenoxy) is 1. The average molecular weight is 503 g/mol. The van der Waals surface area contributed by atoms with Crippen LogP contribution in [-0.2, 0) is 9.53 Å². The third-order valence-electron chi connectivity index (χ3n) is 12.1. The summed E-state index contributed by atoms with van der Waals surface area (Å²) in [5, 5.41) is 23.8. The fraction of sp³-hybridized carbons (Fsp3) is 0.906. The summed E-state index contributed by atoms with van der Waals surface area (Å²) < 4.78 is 5.79. The van der Waals surface area contributed by atoms with Crippen molar-refractivity contribution in [1.29, 1.82) is 0 Å². The molecule has 4 aliphatic carbocycles. The molecule has 9 atom stereocenters. The lowest BCUT2D eigenvalue weighted by molar-refractivity contribution is -0.171. The summed E-state index contributed by atoms with van der Waals surface area (Å²) >= 11 is 0. The van der Waals surface area contributed by atoms with Crippen LogP contribution in [0.2, 0.25) is 0 Å². The monoisotopic (exact) mass is 502 g/mol. The highest BCUT2D eigenvalue weighted by molar-refractivity contribution is 5.66. The molecule has 2 saturated carbocycles. The molecule has 0 bridgehead atoms. The lowest BCUT2D eigenvalue weighted by Crippen LogP contribution is -2.60. The molecule has 206 valence electrons. The quantitative estimate of drug-likeness (QED) is 0.301. The predicted octanol–water partition coefficient (Wildman–Crippen LogP) is 7.07. The van der Waals surface area contributed by atoms with Gasteiger partial charge in [0.1, 0.15) is 6.10 Å². The number of carbonyl (C=O) groups excluding carboxylic acids is 1. The van der Waals surface area contributed by atoms with Gasteiger partial charge in [-0.2, -0.15) is 0 Å². The van der Waals surface area contributed by atoms with Gasteiger partial charge in [0.2, 0.25) is 0 Å². The first-order valence-electron chi connectivity index (χ1n) is 14.9. The van der Waals surface area contributed by atoms with Crippen LogP contribution in [0.25, 0.3) is 0 Å². The van der Waals surface area contributed by atoms with Crippen LogP contribution in [-0.4, -0.2) is 34.5 Å². The average Bonchev–Trinajstić information content (AvgIpc) is 3.02. The summed E-state index contributed by atoms with van der Waals surface area (Å²) in [5.74, 6) is 1.89. The van der Waals surface area contributed by atoms with Crippen molar-refractivity contribution in [3.8, 4) is 0 Å². The van der Waals surface area contributed by atoms with E-state index in [1.165, 1.54) is 38.2 Å². The van der Waals surface area contributed by atoms with E-state index in [1.54, 1.807) is 0 Å². The molecule has 2 N–H and O–H groups in total. The predicted molar refractivity (Wildman–Crippen MR) is 145 cm³/mol. The first-order chi connectivity index (χ1) is 16.6. The Morgan fingerprint density at radius 3 is 2.25 bits per heavy atom. The van der Waals surface area contributed by atoms with E-state index in [9.17, 15) is 15.0 Å². The van der Waals surface area contributed by atoms with E-state index in [-0.39, 0.29) is 39.7 Å². The first-order valence-corrected chi connectivity index (χ1v) is 14.9. The van der Waals surface area contributed by atoms with Crippen LogP contribution in [0.3, 0.4) is 0 Å². The molecule has 0 unspecified atom stereocenters. The Kier molecular flexibility index (Phi) is 7.35. The van der Waals surface area contributed by atoms with Crippen molar-refractivity contribution in [2.45, 2.75) is 138 Å². The summed E-state index contributed by atoms with van der Waals surface area (Å²) in [7, 11) is 0. The number of aliphatic hydroxyl groups is 2. The van der Waals surface area contributed by atoms with Gasteiger partial charge in [-0.15, -0.1) is 0 Å². The van der Waals surface area contributed by atoms with Gasteiger partial charge in [-0.25, -0.2) is 0 Å². The lowest BCUT2D eigenvalue weighted by Gasteiger charge is -2.64. The molecule has 0 spiro atoms. The third-order valence-corrected chi connectivity index (χ3v) is 12.1. The van der Waals surface area contributed by atoms with E-state index in [1.807, 2.05) is 0 Å². The van der Waals surface area contributed by atoms with Gasteiger partial charge in [0.25, 0.3) is 0 Å². The Bertz CT molecular complexity index is 889. The molecule has 4 nitrogen and oxygen atoms in total. The zero-order valence-electron chi connectivity index (χ0n) is 24.6. The number of aliphatic hydroxyl groups excluding tert-OH is 2. The molecule has 4 aliphatic rings. The van der Waals surface area contributed by atoms with E-state index >= 15 is 0 Å². The molecule has 0 saturated heterocycles. The molecule has 0 aromatic heterocycles. The molecule has 0 aromatic carbocycles. The number of hydrogen-bond acceptors (Lipinski definition) is 4. The molecular weight excluding hydrogens is 448 g/mol. The fourth-order valence-electron chi connectivity index (χ4n) is 10.1. The fourth-order valence-corrected chi connectivity index (χ4v) is 10.1. The number of esters is 1. The van der Waals surface area contributed by atoms with Crippen molar-refractivity contribution in [2.75, 3.05) is 0 Å². The number of carbonyl (C=O) groups is 1. The number of hydrogen-bond donors (Lipinski definition) is 2. The minimum atomic E-state index is -0.539. The number of fused-ring (bicyclic) bond motifs is 4. The summed E-state index contributed by atoms with van der Waals surface area (Å²) in [6.45, 7) is 20.1. The summed E-state index contributed by atoms with van der Waals surface area (Å²) in [6, 6.07) is 0. The second-order valence-corrected chi connectivity index (χ2v) is 14.9. The molecule has 4 heteroatoms. The second-order valence-electron chi connectivity index (χ2n) is 14.9. The Labute approximate surface area is 220 Å². The van der Waals surface area contributed by atoms with Gasteiger partial charge in [-0.3, -0.25) is 4.79 Å². The van der Waals surface area contributed by atoms with Gasteiger partial charge in [-0.05, 0) is 89.6 Å². The SMILES string of the molecule is CC(=O)O[C@H]1CC[C@]2(C)C3=C([C@H](O)C[C@H]2C1(C)C)[C@]1(C)CC[C@H]([C@H](C)CCCC(C)C)[C@@]1(C)C[C@H]3O. The van der Waals surface area contributed by atoms with Crippen LogP contribution < -0.4 is 0 Å². The topological polar surface area (TPSA) is 66.8 Å². The third kappa shape index (κ3) is 4.12. The molecular formula is C32H54O4. The van der Waals surface area contributed by atoms with Crippen molar-refractivity contribution in [3.63, 3.8) is 0 Å². The summed E-state index contributed by atoms with van der Waals surface area (Å²) in [5.41, 5.74) is 1.80. The van der Waals surface area contributed by atoms with Gasteiger partial charge in [0.15, 0.2) is 0 Å². The maximum Gasteiger partial charge on any atom is 0.302 e. The highest BCUT2D eigenvalue weighted by Gasteiger charge is 2.67. The lowest BCUT2D eigenvalue weighted by atomic mass is 9.42. The second kappa shape index (κ2) is 9.40. The Morgan fingerprint density at radius 1 is 0.972 bits per heavy atom. The molecule has 0 aromatic rings. The summed E-state index contributed by atoms with van der Waals surface area (Å²) in [6.07, 6.45) is 8.09. The van der Waals surface area contributed by atoms with Crippen molar-refractivity contribution < 1.29 is 19.7 Å². The van der Waals surface area contributed by atoms with Crippen molar-refractivity contribution in [1.82, 2.24) is 0 Å². The van der Waals surface area contributed by atoms with Crippen LogP contribution in [0.1, 0.15) is 120 Å². The van der Waals surface area contributed by atoms with Gasteiger partial charge in [0, 0.05) is 12.3 Å². The van der Waals surface area contributed by atoms with E-state index in [0.29, 0.717) is 18.3 Å². The zero-order valence-corrected chi connectivity index (χ0v) is 24.6. The molecule has 0 radical (unpaired) electrons. The van der Waals surface area contributed by atoms with Gasteiger partial charge in [-0.1, -0.05) is 74.7 Å². The van der Waals surface area contributed by atoms with E-state index in [2.05, 4.69) is 55.4 Å². The van der Waals surface area contributed by atoms with Crippen LogP contribution >= 0.6 is 0 Å². The molecule has 0 aliphatic heterocycles. The highest BCUT2D eigenvalue weighted by atomic mass is 16.5. The minimum absolute atomic E-state index is 0.00284. The van der Waals surface area contributed by atoms with Gasteiger partial charge in [0.05, 0.1) is 12.2 Å². The standard InChI is InChI=1S/C32H54O4/c1-19(2)11-10-12-20(3)22-13-16-31(8)28-23(34)17-25-29(5,6)26(36-21(4)33)14-15-30(25,7)27(28)24(35)18-32(22,31)9/h19-20,22-26,34-35H,10-18H2,1-9H3/t20-,22-,23-,24-,25+,26+,30+,31+,32-/m1/s1. The molecule has 0 heterocycles. The molecule has 2 fully saturated rings. The van der Waals surface area contributed by atoms with Gasteiger partial charge < -0.3 is 14.9 Å². The van der Waals surface area contributed by atoms with Crippen molar-refractivity contribution >= 4 is 5.97 Å². The van der Waals surface area contributed by atoms with Crippen LogP contribution in [0.5, 0.6) is 0 Å². The van der Waals surface area contributed by atoms with Crippen molar-refractivity contribution in [3.05, 3.63) is 11.1 Å². The minimum Gasteiger partial charge on any atom is -0.462 e. The van der Waals surface area contributed by atoms with E-state index in [4.69, 9.17) is 4.74 Å². The van der Waals surface area contributed by atoms with Crippen LogP contribution in [0.15, 0.2) is 11.1 Å². The largest absolute Gasteiger partial charge is 0.462 e. The normalized spacial score (nSPS) is 44.6. The zero-order chi connectivity index (χ0) is 26.8. The smallest absolute Gasteiger partial charge is 0.302 e. The highest BCUT2D eigenvalue weighted by Crippen LogP contribution is 2.72. The number of rotatable bonds is 6. The van der Waals surface area contributed by atoms with Crippen LogP contribution in [0, 0.1) is 45.3 Å². The molecule has 0 amide bonds. The van der Waals surface area contributed by atoms with Crippen LogP contribution in [0.4, 0.5) is 0 Å².